The molecule has 29 heavy (non-hydrogen) atoms. The molecule has 7 nitrogen and oxygen atoms in total. The van der Waals surface area contributed by atoms with Crippen LogP contribution in [0.15, 0.2) is 46.8 Å². The fraction of sp³-hybridized carbons (Fsp3) is 0.294. The molecule has 2 aromatic rings. The van der Waals surface area contributed by atoms with Crippen LogP contribution in [0.5, 0.6) is 5.75 Å². The number of amides is 1. The van der Waals surface area contributed by atoms with E-state index < -0.39 is 22.1 Å². The van der Waals surface area contributed by atoms with Crippen LogP contribution in [0.4, 0.5) is 13.2 Å². The molecule has 0 bridgehead atoms. The lowest BCUT2D eigenvalue weighted by Gasteiger charge is -2.33. The van der Waals surface area contributed by atoms with Crippen molar-refractivity contribution < 1.29 is 31.1 Å². The number of nitrogens with zero attached hydrogens (tertiary/aromatic N) is 3. The molecule has 1 aromatic heterocycles. The largest absolute Gasteiger partial charge is 0.573 e. The third-order valence-corrected chi connectivity index (χ3v) is 6.72. The smallest absolute Gasteiger partial charge is 0.406 e. The second-order valence-corrected chi connectivity index (χ2v) is 8.82. The highest BCUT2D eigenvalue weighted by Crippen LogP contribution is 2.25. The zero-order valence-corrected chi connectivity index (χ0v) is 16.5. The Morgan fingerprint density at radius 1 is 1.14 bits per heavy atom. The maximum Gasteiger partial charge on any atom is 0.573 e. The number of carbonyl (C=O) groups is 1. The van der Waals surface area contributed by atoms with Gasteiger partial charge in [-0.2, -0.15) is 4.31 Å². The molecule has 0 unspecified atom stereocenters. The van der Waals surface area contributed by atoms with Crippen molar-refractivity contribution in [2.45, 2.75) is 11.3 Å². The molecule has 3 rings (SSSR count). The van der Waals surface area contributed by atoms with E-state index in [1.165, 1.54) is 26.6 Å². The van der Waals surface area contributed by atoms with Crippen LogP contribution < -0.4 is 4.74 Å². The van der Waals surface area contributed by atoms with Crippen molar-refractivity contribution in [2.75, 3.05) is 26.2 Å². The van der Waals surface area contributed by atoms with Gasteiger partial charge in [-0.3, -0.25) is 4.79 Å². The molecule has 0 N–H and O–H groups in total. The van der Waals surface area contributed by atoms with Gasteiger partial charge in [-0.15, -0.1) is 24.5 Å². The molecule has 0 aliphatic carbocycles. The third kappa shape index (κ3) is 5.55. The predicted octanol–water partition coefficient (Wildman–Crippen LogP) is 2.59. The number of benzene rings is 1. The van der Waals surface area contributed by atoms with Gasteiger partial charge in [0.05, 0.1) is 4.90 Å². The first kappa shape index (κ1) is 21.3. The van der Waals surface area contributed by atoms with Crippen molar-refractivity contribution >= 4 is 33.3 Å². The summed E-state index contributed by atoms with van der Waals surface area (Å²) in [6.07, 6.45) is -0.236. The number of sulfonamides is 1. The number of ether oxygens (including phenoxy) is 1. The van der Waals surface area contributed by atoms with Crippen LogP contribution in [0.25, 0.3) is 6.08 Å². The zero-order chi connectivity index (χ0) is 21.1. The topological polar surface area (TPSA) is 79.8 Å². The van der Waals surface area contributed by atoms with Crippen molar-refractivity contribution in [1.29, 1.82) is 0 Å². The first-order chi connectivity index (χ1) is 13.6. The molecule has 0 spiro atoms. The maximum absolute atomic E-state index is 12.7. The lowest BCUT2D eigenvalue weighted by molar-refractivity contribution is -0.274. The lowest BCUT2D eigenvalue weighted by Crippen LogP contribution is -2.50. The van der Waals surface area contributed by atoms with Gasteiger partial charge in [-0.05, 0) is 30.3 Å². The molecule has 2 heterocycles. The minimum Gasteiger partial charge on any atom is -0.406 e. The normalized spacial score (nSPS) is 16.3. The fourth-order valence-electron chi connectivity index (χ4n) is 2.68. The van der Waals surface area contributed by atoms with Crippen molar-refractivity contribution in [3.05, 3.63) is 46.9 Å². The Kier molecular flexibility index (Phi) is 6.24. The Morgan fingerprint density at radius 2 is 1.79 bits per heavy atom. The number of hydrogen-bond donors (Lipinski definition) is 0. The number of carbonyl (C=O) groups excluding carboxylic acids is 1. The van der Waals surface area contributed by atoms with Crippen LogP contribution in [-0.4, -0.2) is 61.1 Å². The van der Waals surface area contributed by atoms with Crippen molar-refractivity contribution in [2.24, 2.45) is 0 Å². The molecule has 0 saturated carbocycles. The van der Waals surface area contributed by atoms with Crippen molar-refractivity contribution in [1.82, 2.24) is 14.2 Å². The average molecular weight is 447 g/mol. The quantitative estimate of drug-likeness (QED) is 0.659. The molecule has 156 valence electrons. The van der Waals surface area contributed by atoms with Gasteiger partial charge in [-0.1, -0.05) is 0 Å². The Bertz CT molecular complexity index is 966. The summed E-state index contributed by atoms with van der Waals surface area (Å²) < 4.78 is 66.9. The second kappa shape index (κ2) is 8.51. The molecule has 1 saturated heterocycles. The Morgan fingerprint density at radius 3 is 2.34 bits per heavy atom. The number of piperazine rings is 1. The molecular formula is C17H16F3N3O4S2. The maximum atomic E-state index is 12.7. The van der Waals surface area contributed by atoms with E-state index in [-0.39, 0.29) is 37.0 Å². The summed E-state index contributed by atoms with van der Waals surface area (Å²) in [5.74, 6) is -0.746. The van der Waals surface area contributed by atoms with Gasteiger partial charge in [0.15, 0.2) is 0 Å². The van der Waals surface area contributed by atoms with E-state index in [9.17, 15) is 26.4 Å². The average Bonchev–Trinajstić information content (AvgIpc) is 3.19. The molecule has 1 aliphatic heterocycles. The summed E-state index contributed by atoms with van der Waals surface area (Å²) in [6, 6.07) is 4.02. The highest BCUT2D eigenvalue weighted by molar-refractivity contribution is 7.89. The van der Waals surface area contributed by atoms with Gasteiger partial charge in [0.25, 0.3) is 0 Å². The summed E-state index contributed by atoms with van der Waals surface area (Å²) in [4.78, 5) is 17.6. The minimum absolute atomic E-state index is 0.0833. The van der Waals surface area contributed by atoms with E-state index in [0.29, 0.717) is 5.01 Å². The summed E-state index contributed by atoms with van der Waals surface area (Å²) in [5.41, 5.74) is 0. The highest BCUT2D eigenvalue weighted by Gasteiger charge is 2.32. The molecule has 1 aromatic carbocycles. The van der Waals surface area contributed by atoms with Crippen LogP contribution in [0, 0.1) is 0 Å². The lowest BCUT2D eigenvalue weighted by atomic mass is 10.3. The SMILES string of the molecule is O=C(C=Cc1nccs1)N1CCN(S(=O)(=O)c2ccc(OC(F)(F)F)cc2)CC1. The van der Waals surface area contributed by atoms with Crippen LogP contribution >= 0.6 is 11.3 Å². The third-order valence-electron chi connectivity index (χ3n) is 4.07. The molecule has 1 fully saturated rings. The van der Waals surface area contributed by atoms with E-state index in [2.05, 4.69) is 9.72 Å². The summed E-state index contributed by atoms with van der Waals surface area (Å²) >= 11 is 1.39. The Labute approximate surface area is 169 Å². The van der Waals surface area contributed by atoms with Crippen LogP contribution in [0.3, 0.4) is 0 Å². The monoisotopic (exact) mass is 447 g/mol. The number of aromatic nitrogens is 1. The van der Waals surface area contributed by atoms with E-state index in [4.69, 9.17) is 0 Å². The standard InChI is InChI=1S/C17H16F3N3O4S2/c18-17(19,20)27-13-1-3-14(4-2-13)29(25,26)23-10-8-22(9-11-23)16(24)6-5-15-21-7-12-28-15/h1-7,12H,8-11H2. The predicted molar refractivity (Wildman–Crippen MR) is 99.6 cm³/mol. The van der Waals surface area contributed by atoms with Gasteiger partial charge >= 0.3 is 6.36 Å². The molecule has 1 aliphatic rings. The highest BCUT2D eigenvalue weighted by atomic mass is 32.2. The Hall–Kier alpha value is -2.44. The second-order valence-electron chi connectivity index (χ2n) is 5.95. The number of thiazole rings is 1. The summed E-state index contributed by atoms with van der Waals surface area (Å²) in [7, 11) is -3.89. The van der Waals surface area contributed by atoms with Crippen LogP contribution in [-0.2, 0) is 14.8 Å². The molecule has 0 atom stereocenters. The zero-order valence-electron chi connectivity index (χ0n) is 14.9. The first-order valence-electron chi connectivity index (χ1n) is 8.37. The van der Waals surface area contributed by atoms with E-state index in [1.807, 2.05) is 0 Å². The van der Waals surface area contributed by atoms with Gasteiger partial charge in [0, 0.05) is 43.8 Å². The van der Waals surface area contributed by atoms with Crippen molar-refractivity contribution in [3.63, 3.8) is 0 Å². The Balaban J connectivity index is 1.60. The van der Waals surface area contributed by atoms with Gasteiger partial charge < -0.3 is 9.64 Å². The van der Waals surface area contributed by atoms with E-state index in [1.54, 1.807) is 17.7 Å². The number of alkyl halides is 3. The van der Waals surface area contributed by atoms with Crippen molar-refractivity contribution in [3.8, 4) is 5.75 Å². The summed E-state index contributed by atoms with van der Waals surface area (Å²) in [5, 5.41) is 2.48. The van der Waals surface area contributed by atoms with Crippen LogP contribution in [0.1, 0.15) is 5.01 Å². The number of rotatable bonds is 5. The van der Waals surface area contributed by atoms with Gasteiger partial charge in [-0.25, -0.2) is 13.4 Å². The summed E-state index contributed by atoms with van der Waals surface area (Å²) in [6.45, 7) is 0.574. The van der Waals surface area contributed by atoms with E-state index >= 15 is 0 Å². The van der Waals surface area contributed by atoms with E-state index in [0.717, 1.165) is 24.3 Å². The minimum atomic E-state index is -4.85. The first-order valence-corrected chi connectivity index (χ1v) is 10.7. The molecule has 12 heteroatoms. The molecular weight excluding hydrogens is 431 g/mol. The number of hydrogen-bond acceptors (Lipinski definition) is 6. The van der Waals surface area contributed by atoms with Gasteiger partial charge in [0.1, 0.15) is 10.8 Å². The van der Waals surface area contributed by atoms with Gasteiger partial charge in [0.2, 0.25) is 15.9 Å². The number of halogens is 3. The fourth-order valence-corrected chi connectivity index (χ4v) is 4.63. The van der Waals surface area contributed by atoms with Crippen LogP contribution in [0.2, 0.25) is 0 Å². The molecule has 1 amide bonds. The molecule has 0 radical (unpaired) electrons.